The highest BCUT2D eigenvalue weighted by Crippen LogP contribution is 2.12. The summed E-state index contributed by atoms with van der Waals surface area (Å²) < 4.78 is 0. The largest absolute Gasteiger partial charge is 0.395 e. The Hall–Kier alpha value is -0.690. The van der Waals surface area contributed by atoms with E-state index in [0.29, 0.717) is 0 Å². The van der Waals surface area contributed by atoms with E-state index in [1.165, 1.54) is 0 Å². The fourth-order valence-electron chi connectivity index (χ4n) is 1.29. The maximum absolute atomic E-state index is 11.2. The van der Waals surface area contributed by atoms with E-state index in [1.807, 2.05) is 0 Å². The fraction of sp³-hybridized carbons (Fsp3) is 0.857. The molecular weight excluding hydrogens is 178 g/mol. The van der Waals surface area contributed by atoms with E-state index in [9.17, 15) is 9.90 Å². The molecule has 4 N–H and O–H groups in total. The molecule has 0 aromatic rings. The van der Waals surface area contributed by atoms with Gasteiger partial charge in [-0.2, -0.15) is 0 Å². The van der Waals surface area contributed by atoms with Crippen molar-refractivity contribution in [3.8, 4) is 0 Å². The molecule has 0 aromatic heterocycles. The standard InChI is InChI=1S/C7H13NO5/c9-2-1-8-3-4(10)5(11)6(12)7(8)13/h4-6,9-12H,1-3H2/t4-,5+,6-/m0/s1. The van der Waals surface area contributed by atoms with E-state index >= 15 is 0 Å². The highest BCUT2D eigenvalue weighted by molar-refractivity contribution is 5.82. The van der Waals surface area contributed by atoms with Crippen molar-refractivity contribution >= 4 is 5.91 Å². The normalized spacial score (nSPS) is 35.2. The Morgan fingerprint density at radius 2 is 2.00 bits per heavy atom. The van der Waals surface area contributed by atoms with Gasteiger partial charge in [-0.1, -0.05) is 0 Å². The van der Waals surface area contributed by atoms with Crippen molar-refractivity contribution in [2.75, 3.05) is 19.7 Å². The Morgan fingerprint density at radius 1 is 1.38 bits per heavy atom. The number of amides is 1. The van der Waals surface area contributed by atoms with Crippen LogP contribution in [0.25, 0.3) is 0 Å². The minimum atomic E-state index is -1.59. The van der Waals surface area contributed by atoms with Gasteiger partial charge in [0.1, 0.15) is 12.2 Å². The number of aliphatic hydroxyl groups excluding tert-OH is 4. The van der Waals surface area contributed by atoms with Crippen molar-refractivity contribution in [3.63, 3.8) is 0 Å². The average molecular weight is 191 g/mol. The Morgan fingerprint density at radius 3 is 2.54 bits per heavy atom. The van der Waals surface area contributed by atoms with Crippen LogP contribution in [0.4, 0.5) is 0 Å². The third-order valence-corrected chi connectivity index (χ3v) is 2.06. The lowest BCUT2D eigenvalue weighted by molar-refractivity contribution is -0.166. The molecule has 1 heterocycles. The molecule has 0 saturated carbocycles. The predicted molar refractivity (Wildman–Crippen MR) is 41.7 cm³/mol. The number of carbonyl (C=O) groups is 1. The average Bonchev–Trinajstić information content (AvgIpc) is 2.11. The van der Waals surface area contributed by atoms with Crippen LogP contribution in [-0.4, -0.2) is 69.2 Å². The Kier molecular flexibility index (Phi) is 3.21. The van der Waals surface area contributed by atoms with Crippen LogP contribution in [0, 0.1) is 0 Å². The maximum Gasteiger partial charge on any atom is 0.254 e. The van der Waals surface area contributed by atoms with Gasteiger partial charge in [-0.05, 0) is 0 Å². The van der Waals surface area contributed by atoms with Gasteiger partial charge in [0, 0.05) is 13.1 Å². The number of hydrogen-bond donors (Lipinski definition) is 4. The molecule has 13 heavy (non-hydrogen) atoms. The van der Waals surface area contributed by atoms with Crippen LogP contribution in [0.3, 0.4) is 0 Å². The molecule has 0 bridgehead atoms. The Bertz CT molecular complexity index is 197. The number of β-amino-alcohol motifs (C(OH)–C–C–N with tert-alkyl or cyclic N) is 2. The number of nitrogens with zero attached hydrogens (tertiary/aromatic N) is 1. The van der Waals surface area contributed by atoms with E-state index in [4.69, 9.17) is 15.3 Å². The van der Waals surface area contributed by atoms with E-state index in [-0.39, 0.29) is 19.7 Å². The highest BCUT2D eigenvalue weighted by atomic mass is 16.4. The number of aliphatic hydroxyl groups is 4. The van der Waals surface area contributed by atoms with Crippen molar-refractivity contribution in [2.45, 2.75) is 18.3 Å². The predicted octanol–water partition coefficient (Wildman–Crippen LogP) is -3.10. The molecule has 0 aliphatic carbocycles. The number of piperidine rings is 1. The topological polar surface area (TPSA) is 101 Å². The third kappa shape index (κ3) is 1.97. The van der Waals surface area contributed by atoms with Gasteiger partial charge in [-0.3, -0.25) is 4.79 Å². The molecule has 0 spiro atoms. The zero-order chi connectivity index (χ0) is 10.0. The van der Waals surface area contributed by atoms with E-state index in [1.54, 1.807) is 0 Å². The van der Waals surface area contributed by atoms with Gasteiger partial charge in [0.15, 0.2) is 6.10 Å². The highest BCUT2D eigenvalue weighted by Gasteiger charge is 2.39. The summed E-state index contributed by atoms with van der Waals surface area (Å²) in [6.45, 7) is -0.238. The smallest absolute Gasteiger partial charge is 0.254 e. The molecule has 1 aliphatic heterocycles. The molecule has 3 atom stereocenters. The lowest BCUT2D eigenvalue weighted by atomic mass is 10.0. The zero-order valence-corrected chi connectivity index (χ0v) is 7.00. The lowest BCUT2D eigenvalue weighted by Crippen LogP contribution is -2.59. The summed E-state index contributed by atoms with van der Waals surface area (Å²) in [5, 5.41) is 36.0. The van der Waals surface area contributed by atoms with Gasteiger partial charge in [-0.25, -0.2) is 0 Å². The summed E-state index contributed by atoms with van der Waals surface area (Å²) in [7, 11) is 0. The van der Waals surface area contributed by atoms with Gasteiger partial charge in [-0.15, -0.1) is 0 Å². The lowest BCUT2D eigenvalue weighted by Gasteiger charge is -2.35. The first-order chi connectivity index (χ1) is 6.07. The number of carbonyl (C=O) groups excluding carboxylic acids is 1. The SMILES string of the molecule is O=C1[C@@H](O)[C@H](O)[C@@H](O)CN1CCO. The molecule has 1 rings (SSSR count). The second kappa shape index (κ2) is 4.01. The molecular formula is C7H13NO5. The molecule has 1 fully saturated rings. The van der Waals surface area contributed by atoms with Crippen molar-refractivity contribution in [2.24, 2.45) is 0 Å². The minimum Gasteiger partial charge on any atom is -0.395 e. The summed E-state index contributed by atoms with van der Waals surface area (Å²) in [6, 6.07) is 0. The number of rotatable bonds is 2. The second-order valence-electron chi connectivity index (χ2n) is 3.01. The third-order valence-electron chi connectivity index (χ3n) is 2.06. The summed E-state index contributed by atoms with van der Waals surface area (Å²) in [4.78, 5) is 12.3. The quantitative estimate of drug-likeness (QED) is 0.370. The van der Waals surface area contributed by atoms with Crippen LogP contribution in [0.5, 0.6) is 0 Å². The summed E-state index contributed by atoms with van der Waals surface area (Å²) in [6.07, 6.45) is -4.17. The van der Waals surface area contributed by atoms with Gasteiger partial charge < -0.3 is 25.3 Å². The van der Waals surface area contributed by atoms with Crippen LogP contribution in [0.1, 0.15) is 0 Å². The Labute approximate surface area is 75.0 Å². The number of hydrogen-bond acceptors (Lipinski definition) is 5. The summed E-state index contributed by atoms with van der Waals surface area (Å²) in [5.74, 6) is -0.660. The van der Waals surface area contributed by atoms with Gasteiger partial charge in [0.05, 0.1) is 6.61 Å². The fourth-order valence-corrected chi connectivity index (χ4v) is 1.29. The molecule has 0 aromatic carbocycles. The van der Waals surface area contributed by atoms with E-state index < -0.39 is 24.2 Å². The minimum absolute atomic E-state index is 0.0552. The summed E-state index contributed by atoms with van der Waals surface area (Å²) in [5.41, 5.74) is 0. The van der Waals surface area contributed by atoms with Crippen molar-refractivity contribution in [3.05, 3.63) is 0 Å². The van der Waals surface area contributed by atoms with E-state index in [2.05, 4.69) is 0 Å². The van der Waals surface area contributed by atoms with Gasteiger partial charge in [0.2, 0.25) is 0 Å². The van der Waals surface area contributed by atoms with Crippen LogP contribution < -0.4 is 0 Å². The summed E-state index contributed by atoms with van der Waals surface area (Å²) >= 11 is 0. The molecule has 0 radical (unpaired) electrons. The van der Waals surface area contributed by atoms with Crippen molar-refractivity contribution in [1.29, 1.82) is 0 Å². The van der Waals surface area contributed by atoms with Crippen LogP contribution in [0.15, 0.2) is 0 Å². The van der Waals surface area contributed by atoms with Crippen LogP contribution >= 0.6 is 0 Å². The van der Waals surface area contributed by atoms with Gasteiger partial charge in [0.25, 0.3) is 5.91 Å². The molecule has 0 unspecified atom stereocenters. The first-order valence-electron chi connectivity index (χ1n) is 4.01. The molecule has 1 aliphatic rings. The van der Waals surface area contributed by atoms with Crippen molar-refractivity contribution < 1.29 is 25.2 Å². The first kappa shape index (κ1) is 10.4. The Balaban J connectivity index is 2.65. The van der Waals surface area contributed by atoms with Crippen LogP contribution in [-0.2, 0) is 4.79 Å². The molecule has 6 heteroatoms. The second-order valence-corrected chi connectivity index (χ2v) is 3.01. The molecule has 1 saturated heterocycles. The zero-order valence-electron chi connectivity index (χ0n) is 7.00. The van der Waals surface area contributed by atoms with Crippen molar-refractivity contribution in [1.82, 2.24) is 4.90 Å². The van der Waals surface area contributed by atoms with Crippen LogP contribution in [0.2, 0.25) is 0 Å². The van der Waals surface area contributed by atoms with Gasteiger partial charge >= 0.3 is 0 Å². The maximum atomic E-state index is 11.2. The van der Waals surface area contributed by atoms with E-state index in [0.717, 1.165) is 4.90 Å². The monoisotopic (exact) mass is 191 g/mol. The first-order valence-corrected chi connectivity index (χ1v) is 4.01. The molecule has 76 valence electrons. The molecule has 6 nitrogen and oxygen atoms in total. The molecule has 1 amide bonds. The number of likely N-dealkylation sites (tertiary alicyclic amines) is 1.